The molecule has 4 rings (SSSR count). The number of hydrogen-bond donors (Lipinski definition) is 1. The number of nitrogens with zero attached hydrogens (tertiary/aromatic N) is 4. The molecule has 0 radical (unpaired) electrons. The summed E-state index contributed by atoms with van der Waals surface area (Å²) in [5.41, 5.74) is 0.976. The molecule has 11 heteroatoms. The Bertz CT molecular complexity index is 1280. The molecule has 2 atom stereocenters. The number of carbonyl (C=O) groups excluding carboxylic acids is 4. The third-order valence-corrected chi connectivity index (χ3v) is 5.81. The van der Waals surface area contributed by atoms with Gasteiger partial charge in [0, 0.05) is 24.3 Å². The number of halogens is 2. The zero-order valence-electron chi connectivity index (χ0n) is 17.5. The van der Waals surface area contributed by atoms with Gasteiger partial charge in [0.2, 0.25) is 11.8 Å². The molecule has 170 valence electrons. The van der Waals surface area contributed by atoms with Gasteiger partial charge in [-0.25, -0.2) is 9.37 Å². The molecule has 3 aromatic rings. The number of nitrogens with one attached hydrogen (secondary N) is 1. The molecule has 1 saturated heterocycles. The van der Waals surface area contributed by atoms with Crippen molar-refractivity contribution in [2.24, 2.45) is 0 Å². The number of fused-ring (bicyclic) bond motifs is 1. The third kappa shape index (κ3) is 4.68. The molecular weight excluding hydrogens is 497 g/mol. The number of pyridine rings is 1. The van der Waals surface area contributed by atoms with Gasteiger partial charge in [-0.1, -0.05) is 6.07 Å². The molecule has 0 aliphatic carbocycles. The van der Waals surface area contributed by atoms with E-state index in [0.29, 0.717) is 27.4 Å². The lowest BCUT2D eigenvalue weighted by Crippen LogP contribution is -2.44. The Morgan fingerprint density at radius 1 is 1.27 bits per heavy atom. The first-order valence-electron chi connectivity index (χ1n) is 10.1. The van der Waals surface area contributed by atoms with Gasteiger partial charge in [-0.2, -0.15) is 5.10 Å². The van der Waals surface area contributed by atoms with Crippen LogP contribution in [0.1, 0.15) is 34.2 Å². The van der Waals surface area contributed by atoms with Gasteiger partial charge in [0.25, 0.3) is 0 Å². The molecule has 0 spiro atoms. The van der Waals surface area contributed by atoms with Crippen LogP contribution in [-0.2, 0) is 16.1 Å². The lowest BCUT2D eigenvalue weighted by molar-refractivity contribution is -0.137. The molecule has 0 bridgehead atoms. The largest absolute Gasteiger partial charge is 0.326 e. The lowest BCUT2D eigenvalue weighted by atomic mass is 10.1. The van der Waals surface area contributed by atoms with Crippen molar-refractivity contribution in [1.29, 1.82) is 0 Å². The van der Waals surface area contributed by atoms with Gasteiger partial charge in [-0.3, -0.25) is 23.9 Å². The summed E-state index contributed by atoms with van der Waals surface area (Å²) in [7, 11) is 0. The molecule has 1 aromatic carbocycles. The molecule has 2 aromatic heterocycles. The SMILES string of the molecule is CC(=O)c1nn(CC(=O)N2C[C@H](F)C[C@H]2C(=O)Nc2cccc(Br)n2)c2ccc(C=O)cc12. The van der Waals surface area contributed by atoms with E-state index in [0.717, 1.165) is 0 Å². The molecule has 1 N–H and O–H groups in total. The predicted octanol–water partition coefficient (Wildman–Crippen LogP) is 2.79. The molecule has 1 aliphatic heterocycles. The summed E-state index contributed by atoms with van der Waals surface area (Å²) >= 11 is 3.22. The van der Waals surface area contributed by atoms with Crippen molar-refractivity contribution in [2.45, 2.75) is 32.1 Å². The minimum Gasteiger partial charge on any atom is -0.326 e. The molecule has 33 heavy (non-hydrogen) atoms. The van der Waals surface area contributed by atoms with E-state index in [9.17, 15) is 23.6 Å². The van der Waals surface area contributed by atoms with Gasteiger partial charge < -0.3 is 10.2 Å². The summed E-state index contributed by atoms with van der Waals surface area (Å²) < 4.78 is 16.1. The number of Topliss-reactive ketones (excluding diaryl/α,β-unsaturated/α-hetero) is 1. The molecular formula is C22H19BrFN5O4. The van der Waals surface area contributed by atoms with E-state index in [1.54, 1.807) is 30.3 Å². The summed E-state index contributed by atoms with van der Waals surface area (Å²) in [5.74, 6) is -1.10. The van der Waals surface area contributed by atoms with Crippen molar-refractivity contribution >= 4 is 56.5 Å². The maximum atomic E-state index is 14.2. The standard InChI is InChI=1S/C22H19BrFN5O4/c1-12(31)21-15-7-13(11-30)5-6-16(15)29(27-21)10-20(32)28-9-14(24)8-17(28)22(33)26-19-4-2-3-18(23)25-19/h2-7,11,14,17H,8-10H2,1H3,(H,25,26,33)/t14-,17+/m1/s1. The Morgan fingerprint density at radius 3 is 2.76 bits per heavy atom. The van der Waals surface area contributed by atoms with Crippen molar-refractivity contribution < 1.29 is 23.6 Å². The molecule has 0 saturated carbocycles. The van der Waals surface area contributed by atoms with E-state index in [2.05, 4.69) is 31.3 Å². The monoisotopic (exact) mass is 515 g/mol. The van der Waals surface area contributed by atoms with E-state index in [-0.39, 0.29) is 36.8 Å². The number of hydrogen-bond acceptors (Lipinski definition) is 6. The number of alkyl halides is 1. The fraction of sp³-hybridized carbons (Fsp3) is 0.273. The van der Waals surface area contributed by atoms with Crippen LogP contribution in [-0.4, -0.2) is 62.3 Å². The second kappa shape index (κ2) is 9.18. The van der Waals surface area contributed by atoms with Gasteiger partial charge >= 0.3 is 0 Å². The Kier molecular flexibility index (Phi) is 6.32. The number of aldehydes is 1. The molecule has 0 unspecified atom stereocenters. The fourth-order valence-electron chi connectivity index (χ4n) is 3.87. The highest BCUT2D eigenvalue weighted by Gasteiger charge is 2.40. The molecule has 3 heterocycles. The van der Waals surface area contributed by atoms with Crippen LogP contribution in [0.2, 0.25) is 0 Å². The number of ketones is 1. The number of rotatable bonds is 6. The van der Waals surface area contributed by atoms with E-state index in [4.69, 9.17) is 0 Å². The van der Waals surface area contributed by atoms with Crippen LogP contribution in [0.3, 0.4) is 0 Å². The molecule has 1 aliphatic rings. The van der Waals surface area contributed by atoms with Gasteiger partial charge in [0.05, 0.1) is 12.1 Å². The summed E-state index contributed by atoms with van der Waals surface area (Å²) in [4.78, 5) is 54.3. The second-order valence-electron chi connectivity index (χ2n) is 7.69. The summed E-state index contributed by atoms with van der Waals surface area (Å²) in [5, 5.41) is 7.29. The number of benzene rings is 1. The van der Waals surface area contributed by atoms with E-state index >= 15 is 0 Å². The minimum absolute atomic E-state index is 0.126. The smallest absolute Gasteiger partial charge is 0.248 e. The normalized spacial score (nSPS) is 17.8. The first-order chi connectivity index (χ1) is 15.8. The van der Waals surface area contributed by atoms with Gasteiger partial charge in [0.1, 0.15) is 41.2 Å². The average molecular weight is 516 g/mol. The van der Waals surface area contributed by atoms with Crippen molar-refractivity contribution in [2.75, 3.05) is 11.9 Å². The van der Waals surface area contributed by atoms with Crippen LogP contribution in [0.25, 0.3) is 10.9 Å². The number of aromatic nitrogens is 3. The Labute approximate surface area is 196 Å². The van der Waals surface area contributed by atoms with Crippen molar-refractivity contribution in [3.05, 3.63) is 52.3 Å². The first kappa shape index (κ1) is 22.7. The van der Waals surface area contributed by atoms with Crippen LogP contribution >= 0.6 is 15.9 Å². The maximum Gasteiger partial charge on any atom is 0.248 e. The Hall–Kier alpha value is -3.47. The first-order valence-corrected chi connectivity index (χ1v) is 10.9. The number of carbonyl (C=O) groups is 4. The van der Waals surface area contributed by atoms with Crippen LogP contribution in [0.4, 0.5) is 10.2 Å². The highest BCUT2D eigenvalue weighted by atomic mass is 79.9. The Balaban J connectivity index is 1.58. The highest BCUT2D eigenvalue weighted by Crippen LogP contribution is 2.25. The van der Waals surface area contributed by atoms with Crippen LogP contribution in [0.5, 0.6) is 0 Å². The van der Waals surface area contributed by atoms with Gasteiger partial charge in [0.15, 0.2) is 5.78 Å². The van der Waals surface area contributed by atoms with Crippen molar-refractivity contribution in [3.63, 3.8) is 0 Å². The van der Waals surface area contributed by atoms with Gasteiger partial charge in [-0.15, -0.1) is 0 Å². The Morgan fingerprint density at radius 2 is 2.06 bits per heavy atom. The summed E-state index contributed by atoms with van der Waals surface area (Å²) in [6.45, 7) is 0.818. The second-order valence-corrected chi connectivity index (χ2v) is 8.50. The lowest BCUT2D eigenvalue weighted by Gasteiger charge is -2.23. The van der Waals surface area contributed by atoms with Crippen LogP contribution in [0.15, 0.2) is 41.0 Å². The van der Waals surface area contributed by atoms with Crippen LogP contribution in [0, 0.1) is 0 Å². The summed E-state index contributed by atoms with van der Waals surface area (Å²) in [6.07, 6.45) is -0.828. The van der Waals surface area contributed by atoms with E-state index in [1.165, 1.54) is 22.6 Å². The summed E-state index contributed by atoms with van der Waals surface area (Å²) in [6, 6.07) is 8.64. The average Bonchev–Trinajstić information content (AvgIpc) is 3.34. The quantitative estimate of drug-likeness (QED) is 0.306. The zero-order valence-corrected chi connectivity index (χ0v) is 19.1. The highest BCUT2D eigenvalue weighted by molar-refractivity contribution is 9.10. The molecule has 2 amide bonds. The number of anilines is 1. The van der Waals surface area contributed by atoms with Crippen LogP contribution < -0.4 is 5.32 Å². The molecule has 1 fully saturated rings. The maximum absolute atomic E-state index is 14.2. The van der Waals surface area contributed by atoms with E-state index in [1.807, 2.05) is 0 Å². The molecule has 9 nitrogen and oxygen atoms in total. The minimum atomic E-state index is -1.35. The van der Waals surface area contributed by atoms with Gasteiger partial charge in [-0.05, 0) is 46.3 Å². The predicted molar refractivity (Wildman–Crippen MR) is 121 cm³/mol. The fourth-order valence-corrected chi connectivity index (χ4v) is 4.21. The number of likely N-dealkylation sites (tertiary alicyclic amines) is 1. The number of amides is 2. The zero-order chi connectivity index (χ0) is 23.7. The topological polar surface area (TPSA) is 114 Å². The third-order valence-electron chi connectivity index (χ3n) is 5.37. The van der Waals surface area contributed by atoms with Crippen molar-refractivity contribution in [1.82, 2.24) is 19.7 Å². The van der Waals surface area contributed by atoms with E-state index < -0.39 is 24.0 Å². The van der Waals surface area contributed by atoms with Crippen molar-refractivity contribution in [3.8, 4) is 0 Å².